The maximum absolute atomic E-state index is 12.6. The molecule has 1 aliphatic heterocycles. The Kier molecular flexibility index (Phi) is 4.99. The lowest BCUT2D eigenvalue weighted by atomic mass is 10.1. The molecule has 0 unspecified atom stereocenters. The number of imidazole rings is 1. The van der Waals surface area contributed by atoms with Crippen molar-refractivity contribution >= 4 is 22.0 Å². The van der Waals surface area contributed by atoms with Gasteiger partial charge in [-0.1, -0.05) is 58.4 Å². The first-order valence-electron chi connectivity index (χ1n) is 8.89. The van der Waals surface area contributed by atoms with Gasteiger partial charge < -0.3 is 9.72 Å². The first-order chi connectivity index (χ1) is 13.2. The highest BCUT2D eigenvalue weighted by atomic mass is 79.9. The van der Waals surface area contributed by atoms with Crippen molar-refractivity contribution in [3.63, 3.8) is 0 Å². The van der Waals surface area contributed by atoms with Crippen molar-refractivity contribution in [1.29, 1.82) is 0 Å². The molecule has 1 aliphatic rings. The van der Waals surface area contributed by atoms with Crippen molar-refractivity contribution < 1.29 is 9.53 Å². The van der Waals surface area contributed by atoms with Crippen LogP contribution in [0.4, 0.5) is 4.79 Å². The van der Waals surface area contributed by atoms with Crippen molar-refractivity contribution in [3.05, 3.63) is 76.7 Å². The molecule has 27 heavy (non-hydrogen) atoms. The summed E-state index contributed by atoms with van der Waals surface area (Å²) in [6.45, 7) is 0. The fourth-order valence-corrected chi connectivity index (χ4v) is 3.99. The molecule has 1 amide bonds. The van der Waals surface area contributed by atoms with Gasteiger partial charge in [0.05, 0.1) is 31.1 Å². The number of hydrogen-bond acceptors (Lipinski definition) is 3. The lowest BCUT2D eigenvalue weighted by Crippen LogP contribution is -2.33. The Morgan fingerprint density at radius 3 is 2.52 bits per heavy atom. The van der Waals surface area contributed by atoms with E-state index in [4.69, 9.17) is 4.74 Å². The van der Waals surface area contributed by atoms with E-state index in [1.807, 2.05) is 48.7 Å². The number of benzene rings is 2. The normalized spacial score (nSPS) is 19.3. The Morgan fingerprint density at radius 1 is 1.11 bits per heavy atom. The summed E-state index contributed by atoms with van der Waals surface area (Å²) in [6, 6.07) is 18.0. The molecule has 0 spiro atoms. The molecule has 3 aromatic rings. The van der Waals surface area contributed by atoms with Gasteiger partial charge in [0.15, 0.2) is 0 Å². The summed E-state index contributed by atoms with van der Waals surface area (Å²) >= 11 is 3.45. The second kappa shape index (κ2) is 7.56. The number of carbonyl (C=O) groups excluding carboxylic acids is 1. The monoisotopic (exact) mass is 425 g/mol. The molecule has 1 N–H and O–H groups in total. The molecule has 4 rings (SSSR count). The molecule has 2 aromatic carbocycles. The number of hydrogen-bond donors (Lipinski definition) is 1. The Morgan fingerprint density at radius 2 is 1.81 bits per heavy atom. The Hall–Kier alpha value is -2.60. The van der Waals surface area contributed by atoms with Crippen molar-refractivity contribution in [3.8, 4) is 11.3 Å². The Labute approximate surface area is 166 Å². The van der Waals surface area contributed by atoms with Gasteiger partial charge in [-0.2, -0.15) is 0 Å². The molecule has 0 radical (unpaired) electrons. The largest absolute Gasteiger partial charge is 0.453 e. The zero-order valence-electron chi connectivity index (χ0n) is 14.9. The number of H-pyrrole nitrogens is 1. The average molecular weight is 426 g/mol. The zero-order valence-corrected chi connectivity index (χ0v) is 16.5. The van der Waals surface area contributed by atoms with Gasteiger partial charge in [-0.05, 0) is 36.1 Å². The number of ether oxygens (including phenoxy) is 1. The number of nitrogens with zero attached hydrogens (tertiary/aromatic N) is 2. The maximum atomic E-state index is 12.6. The molecule has 0 bridgehead atoms. The molecule has 2 atom stereocenters. The third-order valence-corrected chi connectivity index (χ3v) is 5.55. The number of rotatable bonds is 3. The summed E-state index contributed by atoms with van der Waals surface area (Å²) in [5, 5.41) is 0. The summed E-state index contributed by atoms with van der Waals surface area (Å²) in [7, 11) is 1.43. The van der Waals surface area contributed by atoms with E-state index in [0.717, 1.165) is 40.0 Å². The first kappa shape index (κ1) is 17.8. The highest BCUT2D eigenvalue weighted by Gasteiger charge is 2.40. The fraction of sp³-hybridized carbons (Fsp3) is 0.238. The minimum atomic E-state index is -0.326. The third kappa shape index (κ3) is 3.49. The third-order valence-electron chi connectivity index (χ3n) is 5.02. The van der Waals surface area contributed by atoms with Crippen molar-refractivity contribution in [2.45, 2.75) is 24.9 Å². The molecule has 138 valence electrons. The van der Waals surface area contributed by atoms with Crippen molar-refractivity contribution in [2.24, 2.45) is 0 Å². The van der Waals surface area contributed by atoms with E-state index in [1.165, 1.54) is 7.11 Å². The van der Waals surface area contributed by atoms with Crippen molar-refractivity contribution in [2.75, 3.05) is 7.11 Å². The number of aromatic amines is 1. The summed E-state index contributed by atoms with van der Waals surface area (Å²) in [5.41, 5.74) is 3.11. The number of amides is 1. The average Bonchev–Trinajstić information content (AvgIpc) is 3.36. The van der Waals surface area contributed by atoms with Gasteiger partial charge in [-0.3, -0.25) is 4.90 Å². The minimum Gasteiger partial charge on any atom is -0.453 e. The quantitative estimate of drug-likeness (QED) is 0.603. The number of likely N-dealkylation sites (tertiary alicyclic amines) is 1. The van der Waals surface area contributed by atoms with E-state index in [1.54, 1.807) is 4.90 Å². The lowest BCUT2D eigenvalue weighted by Gasteiger charge is -2.28. The maximum Gasteiger partial charge on any atom is 0.410 e. The number of halogens is 1. The van der Waals surface area contributed by atoms with E-state index < -0.39 is 0 Å². The number of nitrogens with one attached hydrogen (secondary N) is 1. The highest BCUT2D eigenvalue weighted by Crippen LogP contribution is 2.43. The van der Waals surface area contributed by atoms with Gasteiger partial charge >= 0.3 is 6.09 Å². The molecule has 1 saturated heterocycles. The van der Waals surface area contributed by atoms with Crippen LogP contribution < -0.4 is 0 Å². The molecule has 0 saturated carbocycles. The van der Waals surface area contributed by atoms with Crippen LogP contribution >= 0.6 is 15.9 Å². The molecule has 1 aromatic heterocycles. The summed E-state index contributed by atoms with van der Waals surface area (Å²) < 4.78 is 6.11. The van der Waals surface area contributed by atoms with E-state index in [-0.39, 0.29) is 18.2 Å². The molecule has 5 nitrogen and oxygen atoms in total. The molecule has 6 heteroatoms. The van der Waals surface area contributed by atoms with Crippen LogP contribution in [-0.2, 0) is 4.74 Å². The summed E-state index contributed by atoms with van der Waals surface area (Å²) in [6.07, 6.45) is 3.21. The molecule has 2 heterocycles. The van der Waals surface area contributed by atoms with Crippen LogP contribution in [0.5, 0.6) is 0 Å². The van der Waals surface area contributed by atoms with Gasteiger partial charge in [-0.15, -0.1) is 0 Å². The smallest absolute Gasteiger partial charge is 0.410 e. The predicted molar refractivity (Wildman–Crippen MR) is 107 cm³/mol. The van der Waals surface area contributed by atoms with Crippen LogP contribution in [0.3, 0.4) is 0 Å². The van der Waals surface area contributed by atoms with Crippen LogP contribution in [0.1, 0.15) is 36.3 Å². The van der Waals surface area contributed by atoms with E-state index in [0.29, 0.717) is 0 Å². The number of aromatic nitrogens is 2. The second-order valence-corrected chi connectivity index (χ2v) is 7.50. The SMILES string of the molecule is COC(=O)N1[C@@H](c2ccccc2)CC[C@H]1c1ncc(-c2ccc(Br)cc2)[nH]1. The van der Waals surface area contributed by atoms with Crippen LogP contribution in [0, 0.1) is 0 Å². The Balaban J connectivity index is 1.64. The minimum absolute atomic E-state index is 0.00937. The van der Waals surface area contributed by atoms with Gasteiger partial charge in [0.2, 0.25) is 0 Å². The standard InChI is InChI=1S/C21H20BrN3O2/c1-27-21(26)25-18(15-5-3-2-4-6-15)11-12-19(25)20-23-13-17(24-20)14-7-9-16(22)10-8-14/h2-10,13,18-19H,11-12H2,1H3,(H,23,24)/t18-,19+/m1/s1. The predicted octanol–water partition coefficient (Wildman–Crippen LogP) is 5.48. The van der Waals surface area contributed by atoms with Gasteiger partial charge in [-0.25, -0.2) is 9.78 Å². The Bertz CT molecular complexity index is 924. The molecular formula is C21H20BrN3O2. The fourth-order valence-electron chi connectivity index (χ4n) is 3.72. The molecule has 1 fully saturated rings. The summed E-state index contributed by atoms with van der Waals surface area (Å²) in [4.78, 5) is 22.3. The van der Waals surface area contributed by atoms with Crippen LogP contribution in [-0.4, -0.2) is 28.1 Å². The first-order valence-corrected chi connectivity index (χ1v) is 9.68. The van der Waals surface area contributed by atoms with Gasteiger partial charge in [0.1, 0.15) is 5.82 Å². The van der Waals surface area contributed by atoms with Crippen LogP contribution in [0.25, 0.3) is 11.3 Å². The topological polar surface area (TPSA) is 58.2 Å². The van der Waals surface area contributed by atoms with Crippen molar-refractivity contribution in [1.82, 2.24) is 14.9 Å². The van der Waals surface area contributed by atoms with E-state index in [9.17, 15) is 4.79 Å². The highest BCUT2D eigenvalue weighted by molar-refractivity contribution is 9.10. The zero-order chi connectivity index (χ0) is 18.8. The number of carbonyl (C=O) groups is 1. The van der Waals surface area contributed by atoms with Gasteiger partial charge in [0, 0.05) is 4.47 Å². The lowest BCUT2D eigenvalue weighted by molar-refractivity contribution is 0.101. The number of methoxy groups -OCH3 is 1. The molecular weight excluding hydrogens is 406 g/mol. The summed E-state index contributed by atoms with van der Waals surface area (Å²) in [5.74, 6) is 0.789. The molecule has 0 aliphatic carbocycles. The second-order valence-electron chi connectivity index (χ2n) is 6.59. The van der Waals surface area contributed by atoms with E-state index >= 15 is 0 Å². The van der Waals surface area contributed by atoms with Crippen LogP contribution in [0.15, 0.2) is 65.3 Å². The van der Waals surface area contributed by atoms with Gasteiger partial charge in [0.25, 0.3) is 0 Å². The van der Waals surface area contributed by atoms with Crippen LogP contribution in [0.2, 0.25) is 0 Å². The van der Waals surface area contributed by atoms with E-state index in [2.05, 4.69) is 38.0 Å².